The van der Waals surface area contributed by atoms with E-state index in [9.17, 15) is 5.11 Å². The van der Waals surface area contributed by atoms with E-state index in [4.69, 9.17) is 0 Å². The fourth-order valence-electron chi connectivity index (χ4n) is 2.00. The third-order valence-corrected chi connectivity index (χ3v) is 3.42. The van der Waals surface area contributed by atoms with Crippen molar-refractivity contribution >= 4 is 5.95 Å². The third-order valence-electron chi connectivity index (χ3n) is 3.42. The van der Waals surface area contributed by atoms with E-state index < -0.39 is 5.60 Å². The fraction of sp³-hybridized carbons (Fsp3) is 0.714. The molecule has 0 saturated heterocycles. The molecule has 1 N–H and O–H groups in total. The summed E-state index contributed by atoms with van der Waals surface area (Å²) in [5, 5.41) is 10.3. The van der Waals surface area contributed by atoms with Gasteiger partial charge in [0.1, 0.15) is 0 Å². The summed E-state index contributed by atoms with van der Waals surface area (Å²) in [6.07, 6.45) is 5.22. The van der Waals surface area contributed by atoms with Crippen LogP contribution in [0.2, 0.25) is 0 Å². The Labute approximate surface area is 116 Å². The predicted octanol–water partition coefficient (Wildman–Crippen LogP) is 1.53. The first kappa shape index (κ1) is 15.9. The topological polar surface area (TPSA) is 52.5 Å². The van der Waals surface area contributed by atoms with Crippen LogP contribution in [0.4, 0.5) is 5.95 Å². The number of aromatic nitrogens is 2. The Bertz CT molecular complexity index is 374. The van der Waals surface area contributed by atoms with E-state index in [-0.39, 0.29) is 0 Å². The Balaban J connectivity index is 2.59. The first-order valence-corrected chi connectivity index (χ1v) is 6.79. The van der Waals surface area contributed by atoms with Crippen LogP contribution in [0.5, 0.6) is 0 Å². The molecule has 0 saturated carbocycles. The van der Waals surface area contributed by atoms with E-state index >= 15 is 0 Å². The largest absolute Gasteiger partial charge is 0.389 e. The van der Waals surface area contributed by atoms with Gasteiger partial charge >= 0.3 is 0 Å². The molecule has 5 heteroatoms. The molecule has 108 valence electrons. The van der Waals surface area contributed by atoms with Gasteiger partial charge in [0, 0.05) is 45.1 Å². The van der Waals surface area contributed by atoms with Gasteiger partial charge in [0.05, 0.1) is 5.60 Å². The monoisotopic (exact) mass is 266 g/mol. The van der Waals surface area contributed by atoms with Crippen LogP contribution in [0.25, 0.3) is 0 Å². The molecule has 0 unspecified atom stereocenters. The number of anilines is 1. The van der Waals surface area contributed by atoms with Crippen LogP contribution in [0.3, 0.4) is 0 Å². The first-order chi connectivity index (χ1) is 8.90. The van der Waals surface area contributed by atoms with Gasteiger partial charge in [-0.1, -0.05) is 13.8 Å². The minimum atomic E-state index is -0.598. The molecule has 1 aromatic rings. The lowest BCUT2D eigenvalue weighted by atomic mass is 9.97. The summed E-state index contributed by atoms with van der Waals surface area (Å²) in [5.74, 6) is 0.713. The SMILES string of the molecule is CCC(O)(CC)CN(C)Cc1cnc(N(C)C)nc1. The molecule has 0 spiro atoms. The summed E-state index contributed by atoms with van der Waals surface area (Å²) < 4.78 is 0. The van der Waals surface area contributed by atoms with Crippen molar-refractivity contribution in [2.75, 3.05) is 32.6 Å². The Kier molecular flexibility index (Phi) is 5.69. The van der Waals surface area contributed by atoms with E-state index in [1.165, 1.54) is 0 Å². The average Bonchev–Trinajstić information content (AvgIpc) is 2.39. The molecule has 0 fully saturated rings. The van der Waals surface area contributed by atoms with Crippen molar-refractivity contribution in [1.82, 2.24) is 14.9 Å². The van der Waals surface area contributed by atoms with Gasteiger partial charge in [-0.2, -0.15) is 0 Å². The standard InChI is InChI=1S/C14H26N4O/c1-6-14(19,7-2)11-18(5)10-12-8-15-13(16-9-12)17(3)4/h8-9,19H,6-7,10-11H2,1-5H3. The molecule has 0 aliphatic rings. The Morgan fingerprint density at radius 1 is 1.11 bits per heavy atom. The van der Waals surface area contributed by atoms with Gasteiger partial charge in [-0.05, 0) is 19.9 Å². The molecule has 1 heterocycles. The van der Waals surface area contributed by atoms with Crippen molar-refractivity contribution in [1.29, 1.82) is 0 Å². The molecule has 5 nitrogen and oxygen atoms in total. The zero-order valence-electron chi connectivity index (χ0n) is 12.7. The van der Waals surface area contributed by atoms with Crippen molar-refractivity contribution in [2.24, 2.45) is 0 Å². The summed E-state index contributed by atoms with van der Waals surface area (Å²) in [7, 11) is 5.85. The Hall–Kier alpha value is -1.20. The molecule has 19 heavy (non-hydrogen) atoms. The van der Waals surface area contributed by atoms with Crippen LogP contribution in [-0.2, 0) is 6.54 Å². The lowest BCUT2D eigenvalue weighted by Gasteiger charge is -2.30. The van der Waals surface area contributed by atoms with Crippen LogP contribution >= 0.6 is 0 Å². The van der Waals surface area contributed by atoms with Gasteiger partial charge in [0.15, 0.2) is 0 Å². The van der Waals surface area contributed by atoms with E-state index in [0.717, 1.165) is 24.9 Å². The summed E-state index contributed by atoms with van der Waals surface area (Å²) in [6.45, 7) is 5.45. The lowest BCUT2D eigenvalue weighted by Crippen LogP contribution is -2.40. The molecule has 0 atom stereocenters. The molecule has 0 aromatic carbocycles. The van der Waals surface area contributed by atoms with Crippen LogP contribution in [0.1, 0.15) is 32.3 Å². The molecular formula is C14H26N4O. The number of likely N-dealkylation sites (N-methyl/N-ethyl adjacent to an activating group) is 1. The molecular weight excluding hydrogens is 240 g/mol. The quantitative estimate of drug-likeness (QED) is 0.811. The summed E-state index contributed by atoms with van der Waals surface area (Å²) >= 11 is 0. The lowest BCUT2D eigenvalue weighted by molar-refractivity contribution is 0.00127. The molecule has 0 aliphatic heterocycles. The number of hydrogen-bond donors (Lipinski definition) is 1. The minimum Gasteiger partial charge on any atom is -0.389 e. The number of aliphatic hydroxyl groups is 1. The highest BCUT2D eigenvalue weighted by atomic mass is 16.3. The summed E-state index contributed by atoms with van der Waals surface area (Å²) in [5.41, 5.74) is 0.460. The molecule has 1 rings (SSSR count). The normalized spacial score (nSPS) is 11.9. The van der Waals surface area contributed by atoms with Crippen LogP contribution in [0.15, 0.2) is 12.4 Å². The van der Waals surface area contributed by atoms with Crippen LogP contribution in [0, 0.1) is 0 Å². The van der Waals surface area contributed by atoms with Crippen molar-refractivity contribution < 1.29 is 5.11 Å². The maximum Gasteiger partial charge on any atom is 0.224 e. The van der Waals surface area contributed by atoms with Crippen molar-refractivity contribution in [3.05, 3.63) is 18.0 Å². The molecule has 0 bridgehead atoms. The summed E-state index contributed by atoms with van der Waals surface area (Å²) in [4.78, 5) is 12.6. The zero-order chi connectivity index (χ0) is 14.5. The minimum absolute atomic E-state index is 0.598. The predicted molar refractivity (Wildman–Crippen MR) is 78.2 cm³/mol. The molecule has 0 amide bonds. The maximum absolute atomic E-state index is 10.3. The second kappa shape index (κ2) is 6.82. The van der Waals surface area contributed by atoms with E-state index in [2.05, 4.69) is 14.9 Å². The van der Waals surface area contributed by atoms with Crippen molar-refractivity contribution in [3.8, 4) is 0 Å². The van der Waals surface area contributed by atoms with Crippen molar-refractivity contribution in [2.45, 2.75) is 38.8 Å². The highest BCUT2D eigenvalue weighted by Crippen LogP contribution is 2.17. The van der Waals surface area contributed by atoms with Crippen LogP contribution < -0.4 is 4.90 Å². The fourth-order valence-corrected chi connectivity index (χ4v) is 2.00. The Morgan fingerprint density at radius 3 is 2.05 bits per heavy atom. The van der Waals surface area contributed by atoms with E-state index in [0.29, 0.717) is 12.5 Å². The molecule has 1 aromatic heterocycles. The van der Waals surface area contributed by atoms with Gasteiger partial charge in [0.25, 0.3) is 0 Å². The Morgan fingerprint density at radius 2 is 1.63 bits per heavy atom. The van der Waals surface area contributed by atoms with Crippen molar-refractivity contribution in [3.63, 3.8) is 0 Å². The van der Waals surface area contributed by atoms with Crippen LogP contribution in [-0.4, -0.2) is 53.3 Å². The second-order valence-electron chi connectivity index (χ2n) is 5.39. The highest BCUT2D eigenvalue weighted by molar-refractivity contribution is 5.26. The number of rotatable bonds is 7. The third kappa shape index (κ3) is 4.76. The maximum atomic E-state index is 10.3. The van der Waals surface area contributed by atoms with Gasteiger partial charge in [-0.3, -0.25) is 4.90 Å². The zero-order valence-corrected chi connectivity index (χ0v) is 12.7. The van der Waals surface area contributed by atoms with E-state index in [1.54, 1.807) is 0 Å². The van der Waals surface area contributed by atoms with E-state index in [1.807, 2.05) is 52.3 Å². The average molecular weight is 266 g/mol. The van der Waals surface area contributed by atoms with Gasteiger partial charge in [0.2, 0.25) is 5.95 Å². The number of hydrogen-bond acceptors (Lipinski definition) is 5. The summed E-state index contributed by atoms with van der Waals surface area (Å²) in [6, 6.07) is 0. The smallest absolute Gasteiger partial charge is 0.224 e. The van der Waals surface area contributed by atoms with Gasteiger partial charge in [-0.15, -0.1) is 0 Å². The molecule has 0 radical (unpaired) electrons. The first-order valence-electron chi connectivity index (χ1n) is 6.79. The van der Waals surface area contributed by atoms with Gasteiger partial charge in [-0.25, -0.2) is 9.97 Å². The highest BCUT2D eigenvalue weighted by Gasteiger charge is 2.23. The second-order valence-corrected chi connectivity index (χ2v) is 5.39. The molecule has 0 aliphatic carbocycles. The van der Waals surface area contributed by atoms with Gasteiger partial charge < -0.3 is 10.0 Å². The number of nitrogens with zero attached hydrogens (tertiary/aromatic N) is 4.